The Labute approximate surface area is 219 Å². The molecular formula is C26H25BrN2O6S. The average molecular weight is 573 g/mol. The molecule has 4 rings (SSSR count). The first kappa shape index (κ1) is 25.7. The van der Waals surface area contributed by atoms with Crippen LogP contribution in [-0.2, 0) is 9.53 Å². The molecule has 1 aromatic heterocycles. The number of aromatic nitrogens is 1. The minimum Gasteiger partial charge on any atom is -0.507 e. The van der Waals surface area contributed by atoms with Crippen LogP contribution in [0.2, 0.25) is 0 Å². The SMILES string of the molecule is CCOC(=O)C1=C(C)N=c2s/c(=C/c3cc(Br)c(O)cc3O)c(=O)n2[C@H]1c1ccccc1OC(C)C. The van der Waals surface area contributed by atoms with Crippen molar-refractivity contribution in [1.82, 2.24) is 4.57 Å². The number of phenols is 2. The molecule has 2 N–H and O–H groups in total. The summed E-state index contributed by atoms with van der Waals surface area (Å²) in [4.78, 5) is 31.8. The van der Waals surface area contributed by atoms with E-state index in [-0.39, 0.29) is 35.3 Å². The highest BCUT2D eigenvalue weighted by atomic mass is 79.9. The number of ether oxygens (including phenoxy) is 2. The van der Waals surface area contributed by atoms with Gasteiger partial charge in [0.1, 0.15) is 23.3 Å². The molecule has 188 valence electrons. The van der Waals surface area contributed by atoms with Crippen molar-refractivity contribution in [3.8, 4) is 17.2 Å². The van der Waals surface area contributed by atoms with E-state index in [1.807, 2.05) is 32.0 Å². The summed E-state index contributed by atoms with van der Waals surface area (Å²) in [6.07, 6.45) is 1.40. The Morgan fingerprint density at radius 2 is 1.97 bits per heavy atom. The van der Waals surface area contributed by atoms with Crippen molar-refractivity contribution in [2.45, 2.75) is 39.8 Å². The number of nitrogens with zero attached hydrogens (tertiary/aromatic N) is 2. The molecule has 1 aliphatic rings. The van der Waals surface area contributed by atoms with Crippen molar-refractivity contribution in [1.29, 1.82) is 0 Å². The van der Waals surface area contributed by atoms with Crippen LogP contribution >= 0.6 is 27.3 Å². The molecule has 0 spiro atoms. The minimum absolute atomic E-state index is 0.123. The predicted molar refractivity (Wildman–Crippen MR) is 140 cm³/mol. The van der Waals surface area contributed by atoms with Crippen LogP contribution in [0.1, 0.15) is 44.9 Å². The van der Waals surface area contributed by atoms with Gasteiger partial charge in [0.15, 0.2) is 4.80 Å². The second-order valence-electron chi connectivity index (χ2n) is 8.37. The highest BCUT2D eigenvalue weighted by Crippen LogP contribution is 2.36. The van der Waals surface area contributed by atoms with Crippen LogP contribution in [0.3, 0.4) is 0 Å². The van der Waals surface area contributed by atoms with E-state index in [2.05, 4.69) is 20.9 Å². The zero-order chi connectivity index (χ0) is 26.1. The van der Waals surface area contributed by atoms with E-state index in [0.29, 0.717) is 36.4 Å². The molecule has 8 nitrogen and oxygen atoms in total. The molecule has 0 unspecified atom stereocenters. The summed E-state index contributed by atoms with van der Waals surface area (Å²) in [5.41, 5.74) is 1.28. The number of benzene rings is 2. The lowest BCUT2D eigenvalue weighted by atomic mass is 9.95. The van der Waals surface area contributed by atoms with Crippen molar-refractivity contribution in [2.24, 2.45) is 4.99 Å². The van der Waals surface area contributed by atoms with Gasteiger partial charge in [-0.25, -0.2) is 9.79 Å². The van der Waals surface area contributed by atoms with Crippen molar-refractivity contribution in [3.63, 3.8) is 0 Å². The summed E-state index contributed by atoms with van der Waals surface area (Å²) in [7, 11) is 0. The van der Waals surface area contributed by atoms with Crippen LogP contribution in [-0.4, -0.2) is 33.5 Å². The number of esters is 1. The van der Waals surface area contributed by atoms with E-state index in [9.17, 15) is 19.8 Å². The molecular weight excluding hydrogens is 548 g/mol. The number of thiazole rings is 1. The van der Waals surface area contributed by atoms with Crippen LogP contribution < -0.4 is 19.6 Å². The molecule has 0 saturated heterocycles. The number of para-hydroxylation sites is 1. The molecule has 36 heavy (non-hydrogen) atoms. The normalized spacial score (nSPS) is 15.6. The largest absolute Gasteiger partial charge is 0.507 e. The molecule has 0 saturated carbocycles. The summed E-state index contributed by atoms with van der Waals surface area (Å²) < 4.78 is 13.5. The van der Waals surface area contributed by atoms with Gasteiger partial charge in [0.25, 0.3) is 5.56 Å². The lowest BCUT2D eigenvalue weighted by molar-refractivity contribution is -0.139. The summed E-state index contributed by atoms with van der Waals surface area (Å²) >= 11 is 4.37. The molecule has 2 aromatic carbocycles. The van der Waals surface area contributed by atoms with Crippen LogP contribution in [0.25, 0.3) is 6.08 Å². The minimum atomic E-state index is -0.822. The van der Waals surface area contributed by atoms with Crippen LogP contribution in [0.4, 0.5) is 0 Å². The number of phenolic OH excluding ortho intramolecular Hbond substituents is 2. The molecule has 1 aliphatic heterocycles. The van der Waals surface area contributed by atoms with Gasteiger partial charge in [-0.3, -0.25) is 9.36 Å². The topological polar surface area (TPSA) is 110 Å². The number of rotatable bonds is 6. The van der Waals surface area contributed by atoms with E-state index < -0.39 is 12.0 Å². The molecule has 3 aromatic rings. The lowest BCUT2D eigenvalue weighted by Crippen LogP contribution is -2.40. The fraction of sp³-hybridized carbons (Fsp3) is 0.269. The Morgan fingerprint density at radius 3 is 2.67 bits per heavy atom. The van der Waals surface area contributed by atoms with Gasteiger partial charge in [0.05, 0.1) is 33.0 Å². The number of halogens is 1. The molecule has 0 fully saturated rings. The zero-order valence-electron chi connectivity index (χ0n) is 20.1. The van der Waals surface area contributed by atoms with Gasteiger partial charge in [0.2, 0.25) is 0 Å². The first-order chi connectivity index (χ1) is 17.1. The van der Waals surface area contributed by atoms with E-state index in [4.69, 9.17) is 9.47 Å². The maximum absolute atomic E-state index is 13.8. The highest BCUT2D eigenvalue weighted by Gasteiger charge is 2.35. The number of carbonyl (C=O) groups excluding carboxylic acids is 1. The van der Waals surface area contributed by atoms with Gasteiger partial charge in [0, 0.05) is 17.2 Å². The third-order valence-electron chi connectivity index (χ3n) is 5.48. The summed E-state index contributed by atoms with van der Waals surface area (Å²) in [5, 5.41) is 20.1. The van der Waals surface area contributed by atoms with Crippen molar-refractivity contribution < 1.29 is 24.5 Å². The summed E-state index contributed by atoms with van der Waals surface area (Å²) in [6, 6.07) is 9.16. The maximum Gasteiger partial charge on any atom is 0.338 e. The van der Waals surface area contributed by atoms with Gasteiger partial charge < -0.3 is 19.7 Å². The second kappa shape index (κ2) is 10.3. The third-order valence-corrected chi connectivity index (χ3v) is 7.09. The number of allylic oxidation sites excluding steroid dienone is 1. The number of hydrogen-bond donors (Lipinski definition) is 2. The molecule has 0 amide bonds. The van der Waals surface area contributed by atoms with Gasteiger partial charge in [-0.05, 0) is 61.8 Å². The van der Waals surface area contributed by atoms with Crippen LogP contribution in [0.15, 0.2) is 61.9 Å². The van der Waals surface area contributed by atoms with Gasteiger partial charge >= 0.3 is 5.97 Å². The van der Waals surface area contributed by atoms with E-state index in [0.717, 1.165) is 11.3 Å². The molecule has 0 bridgehead atoms. The third kappa shape index (κ3) is 4.83. The van der Waals surface area contributed by atoms with Crippen LogP contribution in [0, 0.1) is 0 Å². The smallest absolute Gasteiger partial charge is 0.338 e. The Kier molecular flexibility index (Phi) is 7.37. The second-order valence-corrected chi connectivity index (χ2v) is 10.2. The first-order valence-corrected chi connectivity index (χ1v) is 12.9. The first-order valence-electron chi connectivity index (χ1n) is 11.3. The standard InChI is InChI=1S/C26H25BrN2O6S/c1-5-34-25(33)22-14(4)28-26-29(23(22)16-8-6-7-9-20(16)35-13(2)3)24(32)21(36-26)11-15-10-17(27)19(31)12-18(15)30/h6-13,23,30-31H,5H2,1-4H3/b21-11+/t23-/m0/s1. The van der Waals surface area contributed by atoms with Gasteiger partial charge in [-0.2, -0.15) is 0 Å². The molecule has 10 heteroatoms. The average Bonchev–Trinajstić information content (AvgIpc) is 3.11. The fourth-order valence-corrected chi connectivity index (χ4v) is 5.38. The van der Waals surface area contributed by atoms with Gasteiger partial charge in [-0.15, -0.1) is 0 Å². The Balaban J connectivity index is 2.00. The number of hydrogen-bond acceptors (Lipinski definition) is 8. The quantitative estimate of drug-likeness (QED) is 0.435. The van der Waals surface area contributed by atoms with Crippen molar-refractivity contribution >= 4 is 39.3 Å². The monoisotopic (exact) mass is 572 g/mol. The number of carbonyl (C=O) groups is 1. The predicted octanol–water partition coefficient (Wildman–Crippen LogP) is 3.76. The van der Waals surface area contributed by atoms with E-state index >= 15 is 0 Å². The fourth-order valence-electron chi connectivity index (χ4n) is 3.98. The summed E-state index contributed by atoms with van der Waals surface area (Å²) in [5.74, 6) is -0.319. The Morgan fingerprint density at radius 1 is 1.25 bits per heavy atom. The zero-order valence-corrected chi connectivity index (χ0v) is 22.5. The van der Waals surface area contributed by atoms with Gasteiger partial charge in [-0.1, -0.05) is 29.5 Å². The number of aromatic hydroxyl groups is 2. The van der Waals surface area contributed by atoms with Crippen molar-refractivity contribution in [2.75, 3.05) is 6.61 Å². The van der Waals surface area contributed by atoms with E-state index in [1.54, 1.807) is 19.9 Å². The Bertz CT molecular complexity index is 1550. The van der Waals surface area contributed by atoms with Crippen LogP contribution in [0.5, 0.6) is 17.2 Å². The van der Waals surface area contributed by atoms with Crippen molar-refractivity contribution in [3.05, 3.63) is 83.0 Å². The lowest BCUT2D eigenvalue weighted by Gasteiger charge is -2.26. The van der Waals surface area contributed by atoms with E-state index in [1.165, 1.54) is 22.8 Å². The number of fused-ring (bicyclic) bond motifs is 1. The highest BCUT2D eigenvalue weighted by molar-refractivity contribution is 9.10. The Hall–Kier alpha value is -3.37. The molecule has 1 atom stereocenters. The molecule has 0 radical (unpaired) electrons. The summed E-state index contributed by atoms with van der Waals surface area (Å²) in [6.45, 7) is 7.41. The molecule has 2 heterocycles. The maximum atomic E-state index is 13.8. The molecule has 0 aliphatic carbocycles.